The maximum Gasteiger partial charge on any atom is 0.341 e. The molecule has 0 saturated heterocycles. The highest BCUT2D eigenvalue weighted by molar-refractivity contribution is 7.17. The van der Waals surface area contributed by atoms with Gasteiger partial charge in [-0.05, 0) is 56.4 Å². The fraction of sp³-hybridized carbons (Fsp3) is 0.571. The zero-order valence-corrected chi connectivity index (χ0v) is 16.7. The lowest BCUT2D eigenvalue weighted by molar-refractivity contribution is -0.146. The Kier molecular flexibility index (Phi) is 5.27. The second kappa shape index (κ2) is 7.70. The molecule has 1 amide bonds. The van der Waals surface area contributed by atoms with Crippen LogP contribution in [0, 0.1) is 23.7 Å². The van der Waals surface area contributed by atoms with Crippen molar-refractivity contribution >= 4 is 34.2 Å². The van der Waals surface area contributed by atoms with E-state index in [4.69, 9.17) is 4.74 Å². The van der Waals surface area contributed by atoms with Crippen LogP contribution in [0.5, 0.6) is 0 Å². The number of thiophene rings is 1. The van der Waals surface area contributed by atoms with Crippen molar-refractivity contribution < 1.29 is 24.2 Å². The first-order chi connectivity index (χ1) is 13.5. The number of allylic oxidation sites excluding steroid dienone is 2. The normalized spacial score (nSPS) is 27.9. The number of aliphatic carboxylic acids is 1. The van der Waals surface area contributed by atoms with E-state index >= 15 is 0 Å². The van der Waals surface area contributed by atoms with Crippen molar-refractivity contribution in [1.82, 2.24) is 0 Å². The Morgan fingerprint density at radius 1 is 1.14 bits per heavy atom. The number of carboxylic acids is 1. The van der Waals surface area contributed by atoms with Crippen LogP contribution in [0.1, 0.15) is 53.4 Å². The number of nitrogens with one attached hydrogen (secondary N) is 1. The first-order valence-corrected chi connectivity index (χ1v) is 10.9. The average Bonchev–Trinajstić information content (AvgIpc) is 3.31. The molecule has 4 rings (SSSR count). The fourth-order valence-electron chi connectivity index (χ4n) is 4.96. The molecule has 2 N–H and O–H groups in total. The van der Waals surface area contributed by atoms with Gasteiger partial charge in [-0.1, -0.05) is 18.6 Å². The van der Waals surface area contributed by atoms with Crippen LogP contribution < -0.4 is 5.32 Å². The molecular weight excluding hydrogens is 378 g/mol. The lowest BCUT2D eigenvalue weighted by Gasteiger charge is -2.23. The van der Waals surface area contributed by atoms with Crippen molar-refractivity contribution in [1.29, 1.82) is 0 Å². The topological polar surface area (TPSA) is 92.7 Å². The van der Waals surface area contributed by atoms with Crippen molar-refractivity contribution in [2.24, 2.45) is 23.7 Å². The Balaban J connectivity index is 1.64. The zero-order chi connectivity index (χ0) is 19.8. The van der Waals surface area contributed by atoms with Crippen molar-refractivity contribution in [3.05, 3.63) is 28.2 Å². The van der Waals surface area contributed by atoms with Crippen LogP contribution in [0.2, 0.25) is 0 Å². The molecule has 2 bridgehead atoms. The summed E-state index contributed by atoms with van der Waals surface area (Å²) in [5.41, 5.74) is 1.47. The van der Waals surface area contributed by atoms with Crippen LogP contribution in [0.25, 0.3) is 0 Å². The summed E-state index contributed by atoms with van der Waals surface area (Å²) < 4.78 is 5.26. The van der Waals surface area contributed by atoms with Crippen LogP contribution in [-0.4, -0.2) is 29.6 Å². The highest BCUT2D eigenvalue weighted by atomic mass is 32.1. The van der Waals surface area contributed by atoms with Gasteiger partial charge in [0, 0.05) is 4.88 Å². The van der Waals surface area contributed by atoms with Crippen molar-refractivity contribution in [2.45, 2.75) is 45.4 Å². The zero-order valence-electron chi connectivity index (χ0n) is 15.9. The predicted octanol–water partition coefficient (Wildman–Crippen LogP) is 3.66. The third-order valence-electron chi connectivity index (χ3n) is 6.18. The van der Waals surface area contributed by atoms with Gasteiger partial charge in [0.15, 0.2) is 0 Å². The molecular formula is C21H25NO5S. The molecule has 6 nitrogen and oxygen atoms in total. The van der Waals surface area contributed by atoms with Crippen LogP contribution in [0.4, 0.5) is 5.00 Å². The van der Waals surface area contributed by atoms with Gasteiger partial charge in [0.1, 0.15) is 5.00 Å². The van der Waals surface area contributed by atoms with Gasteiger partial charge in [-0.25, -0.2) is 4.79 Å². The molecule has 150 valence electrons. The molecule has 1 fully saturated rings. The average molecular weight is 404 g/mol. The molecule has 28 heavy (non-hydrogen) atoms. The molecule has 1 saturated carbocycles. The summed E-state index contributed by atoms with van der Waals surface area (Å²) in [4.78, 5) is 38.6. The van der Waals surface area contributed by atoms with E-state index in [1.165, 1.54) is 11.3 Å². The van der Waals surface area contributed by atoms with E-state index in [-0.39, 0.29) is 24.3 Å². The van der Waals surface area contributed by atoms with E-state index in [0.29, 0.717) is 17.0 Å². The number of carbonyl (C=O) groups excluding carboxylic acids is 2. The maximum absolute atomic E-state index is 13.1. The molecule has 7 heteroatoms. The molecule has 0 spiro atoms. The second-order valence-electron chi connectivity index (χ2n) is 7.82. The molecule has 4 atom stereocenters. The van der Waals surface area contributed by atoms with Gasteiger partial charge in [-0.15, -0.1) is 11.3 Å². The summed E-state index contributed by atoms with van der Waals surface area (Å²) in [6.45, 7) is 2.04. The van der Waals surface area contributed by atoms with Gasteiger partial charge in [0.2, 0.25) is 5.91 Å². The Hall–Kier alpha value is -2.15. The van der Waals surface area contributed by atoms with E-state index in [2.05, 4.69) is 5.32 Å². The largest absolute Gasteiger partial charge is 0.481 e. The highest BCUT2D eigenvalue weighted by Crippen LogP contribution is 2.49. The third kappa shape index (κ3) is 3.26. The number of aryl methyl sites for hydroxylation is 1. The third-order valence-corrected chi connectivity index (χ3v) is 7.39. The molecule has 1 aromatic rings. The Bertz CT molecular complexity index is 842. The van der Waals surface area contributed by atoms with Crippen molar-refractivity contribution in [3.63, 3.8) is 0 Å². The summed E-state index contributed by atoms with van der Waals surface area (Å²) >= 11 is 1.45. The van der Waals surface area contributed by atoms with Crippen molar-refractivity contribution in [3.8, 4) is 0 Å². The Labute approximate surface area is 168 Å². The van der Waals surface area contributed by atoms with Crippen molar-refractivity contribution in [2.75, 3.05) is 11.9 Å². The summed E-state index contributed by atoms with van der Waals surface area (Å²) in [6, 6.07) is 0. The van der Waals surface area contributed by atoms with E-state index in [1.807, 2.05) is 12.2 Å². The molecule has 1 heterocycles. The van der Waals surface area contributed by atoms with Gasteiger partial charge in [-0.2, -0.15) is 0 Å². The fourth-order valence-corrected chi connectivity index (χ4v) is 6.24. The standard InChI is InChI=1S/C21H25NO5S/c1-2-27-21(26)17-13-6-4-3-5-7-14(13)28-19(17)22-18(23)15-11-8-9-12(10-11)16(15)20(24)25/h8-9,11-12,15-16H,2-7,10H2,1H3,(H,22,23)(H,24,25)/t11-,12-,15-,16+/m0/s1. The van der Waals surface area contributed by atoms with E-state index in [0.717, 1.165) is 42.5 Å². The lowest BCUT2D eigenvalue weighted by atomic mass is 9.82. The van der Waals surface area contributed by atoms with Crippen LogP contribution in [0.3, 0.4) is 0 Å². The number of amides is 1. The number of esters is 1. The summed E-state index contributed by atoms with van der Waals surface area (Å²) in [5, 5.41) is 13.1. The molecule has 0 radical (unpaired) electrons. The van der Waals surface area contributed by atoms with Gasteiger partial charge in [-0.3, -0.25) is 9.59 Å². The summed E-state index contributed by atoms with van der Waals surface area (Å²) in [7, 11) is 0. The van der Waals surface area contributed by atoms with Gasteiger partial charge < -0.3 is 15.2 Å². The molecule has 1 aromatic heterocycles. The lowest BCUT2D eigenvalue weighted by Crippen LogP contribution is -2.36. The molecule has 3 aliphatic carbocycles. The number of ether oxygens (including phenoxy) is 1. The minimum atomic E-state index is -0.926. The molecule has 0 aliphatic heterocycles. The summed E-state index contributed by atoms with van der Waals surface area (Å²) in [5.74, 6) is -3.04. The number of carbonyl (C=O) groups is 3. The van der Waals surface area contributed by atoms with Crippen LogP contribution in [-0.2, 0) is 27.2 Å². The smallest absolute Gasteiger partial charge is 0.341 e. The molecule has 3 aliphatic rings. The van der Waals surface area contributed by atoms with Crippen LogP contribution >= 0.6 is 11.3 Å². The molecule has 0 aromatic carbocycles. The first kappa shape index (κ1) is 19.2. The van der Waals surface area contributed by atoms with E-state index < -0.39 is 23.8 Å². The number of anilines is 1. The number of hydrogen-bond acceptors (Lipinski definition) is 5. The minimum Gasteiger partial charge on any atom is -0.481 e. The first-order valence-electron chi connectivity index (χ1n) is 10.0. The number of carboxylic acid groups (broad SMARTS) is 1. The van der Waals surface area contributed by atoms with Crippen LogP contribution in [0.15, 0.2) is 12.2 Å². The summed E-state index contributed by atoms with van der Waals surface area (Å²) in [6.07, 6.45) is 9.52. The number of hydrogen-bond donors (Lipinski definition) is 2. The molecule has 0 unspecified atom stereocenters. The minimum absolute atomic E-state index is 0.0464. The Morgan fingerprint density at radius 3 is 2.57 bits per heavy atom. The quantitative estimate of drug-likeness (QED) is 0.445. The number of rotatable bonds is 5. The SMILES string of the molecule is CCOC(=O)c1c(NC(=O)[C@@H]2[C@H](C(=O)O)[C@H]3C=C[C@H]2C3)sc2c1CCCCC2. The van der Waals surface area contributed by atoms with Gasteiger partial charge in [0.25, 0.3) is 0 Å². The predicted molar refractivity (Wildman–Crippen MR) is 106 cm³/mol. The maximum atomic E-state index is 13.1. The van der Waals surface area contributed by atoms with Gasteiger partial charge in [0.05, 0.1) is 24.0 Å². The van der Waals surface area contributed by atoms with E-state index in [1.54, 1.807) is 6.92 Å². The Morgan fingerprint density at radius 2 is 1.86 bits per heavy atom. The highest BCUT2D eigenvalue weighted by Gasteiger charge is 2.51. The van der Waals surface area contributed by atoms with E-state index in [9.17, 15) is 19.5 Å². The van der Waals surface area contributed by atoms with Gasteiger partial charge >= 0.3 is 11.9 Å². The second-order valence-corrected chi connectivity index (χ2v) is 8.92. The monoisotopic (exact) mass is 403 g/mol. The number of fused-ring (bicyclic) bond motifs is 3.